The SMILES string of the molecule is CCN(CCCNC(=O)C(CCSC)NS(=O)(=O)c1ccccc1F)c1ccccc1. The molecule has 2 rings (SSSR count). The van der Waals surface area contributed by atoms with Crippen LogP contribution >= 0.6 is 11.8 Å². The maximum Gasteiger partial charge on any atom is 0.244 e. The Hall–Kier alpha value is -2.10. The van der Waals surface area contributed by atoms with Crippen molar-refractivity contribution in [2.24, 2.45) is 0 Å². The number of hydrogen-bond donors (Lipinski definition) is 2. The summed E-state index contributed by atoms with van der Waals surface area (Å²) in [5, 5.41) is 2.82. The zero-order valence-electron chi connectivity index (χ0n) is 17.9. The molecule has 2 N–H and O–H groups in total. The van der Waals surface area contributed by atoms with E-state index in [2.05, 4.69) is 21.9 Å². The van der Waals surface area contributed by atoms with Crippen molar-refractivity contribution in [2.75, 3.05) is 36.5 Å². The Balaban J connectivity index is 1.94. The van der Waals surface area contributed by atoms with Gasteiger partial charge >= 0.3 is 0 Å². The first kappa shape index (κ1) is 25.2. The van der Waals surface area contributed by atoms with Crippen molar-refractivity contribution >= 4 is 33.4 Å². The second-order valence-electron chi connectivity index (χ2n) is 6.95. The second-order valence-corrected chi connectivity index (χ2v) is 9.61. The highest BCUT2D eigenvalue weighted by Gasteiger charge is 2.27. The van der Waals surface area contributed by atoms with Crippen LogP contribution in [0.25, 0.3) is 0 Å². The van der Waals surface area contributed by atoms with Gasteiger partial charge in [0.05, 0.1) is 0 Å². The molecule has 0 bridgehead atoms. The van der Waals surface area contributed by atoms with Crippen LogP contribution in [-0.2, 0) is 14.8 Å². The summed E-state index contributed by atoms with van der Waals surface area (Å²) in [5.74, 6) is -0.661. The number of carbonyl (C=O) groups is 1. The number of para-hydroxylation sites is 1. The van der Waals surface area contributed by atoms with Gasteiger partial charge in [0.25, 0.3) is 0 Å². The summed E-state index contributed by atoms with van der Waals surface area (Å²) in [4.78, 5) is 14.4. The standard InChI is InChI=1S/C22H30FN3O3S2/c1-3-26(18-10-5-4-6-11-18)16-9-15-24-22(27)20(14-17-30-2)25-31(28,29)21-13-8-7-12-19(21)23/h4-8,10-13,20,25H,3,9,14-17H2,1-2H3,(H,24,27). The van der Waals surface area contributed by atoms with Crippen LogP contribution in [0.3, 0.4) is 0 Å². The number of sulfonamides is 1. The predicted octanol–water partition coefficient (Wildman–Crippen LogP) is 3.26. The predicted molar refractivity (Wildman–Crippen MR) is 125 cm³/mol. The van der Waals surface area contributed by atoms with Crippen LogP contribution in [0, 0.1) is 5.82 Å². The molecule has 9 heteroatoms. The van der Waals surface area contributed by atoms with Gasteiger partial charge in [-0.2, -0.15) is 16.5 Å². The van der Waals surface area contributed by atoms with Crippen molar-refractivity contribution in [2.45, 2.75) is 30.7 Å². The van der Waals surface area contributed by atoms with Gasteiger partial charge in [-0.3, -0.25) is 4.79 Å². The normalized spacial score (nSPS) is 12.4. The van der Waals surface area contributed by atoms with Crippen molar-refractivity contribution in [1.82, 2.24) is 10.0 Å². The van der Waals surface area contributed by atoms with Gasteiger partial charge in [0, 0.05) is 25.3 Å². The van der Waals surface area contributed by atoms with E-state index in [9.17, 15) is 17.6 Å². The first-order valence-corrected chi connectivity index (χ1v) is 13.1. The van der Waals surface area contributed by atoms with E-state index in [0.29, 0.717) is 25.1 Å². The topological polar surface area (TPSA) is 78.5 Å². The molecule has 0 aromatic heterocycles. The molecule has 2 aromatic carbocycles. The molecule has 0 fully saturated rings. The summed E-state index contributed by atoms with van der Waals surface area (Å²) in [5.41, 5.74) is 1.12. The number of nitrogens with one attached hydrogen (secondary N) is 2. The Labute approximate surface area is 188 Å². The lowest BCUT2D eigenvalue weighted by molar-refractivity contribution is -0.122. The van der Waals surface area contributed by atoms with Crippen LogP contribution < -0.4 is 14.9 Å². The van der Waals surface area contributed by atoms with Gasteiger partial charge in [0.1, 0.15) is 16.8 Å². The summed E-state index contributed by atoms with van der Waals surface area (Å²) in [7, 11) is -4.15. The van der Waals surface area contributed by atoms with Gasteiger partial charge in [-0.1, -0.05) is 30.3 Å². The van der Waals surface area contributed by atoms with E-state index in [1.165, 1.54) is 30.0 Å². The Morgan fingerprint density at radius 3 is 2.45 bits per heavy atom. The smallest absolute Gasteiger partial charge is 0.244 e. The number of anilines is 1. The van der Waals surface area contributed by atoms with Crippen LogP contribution in [-0.4, -0.2) is 52.0 Å². The molecular weight excluding hydrogens is 437 g/mol. The van der Waals surface area contributed by atoms with Crippen LogP contribution in [0.4, 0.5) is 10.1 Å². The lowest BCUT2D eigenvalue weighted by Crippen LogP contribution is -2.47. The van der Waals surface area contributed by atoms with E-state index < -0.39 is 32.7 Å². The van der Waals surface area contributed by atoms with Crippen LogP contribution in [0.15, 0.2) is 59.5 Å². The van der Waals surface area contributed by atoms with Crippen molar-refractivity contribution in [1.29, 1.82) is 0 Å². The Morgan fingerprint density at radius 1 is 1.13 bits per heavy atom. The number of carbonyl (C=O) groups excluding carboxylic acids is 1. The van der Waals surface area contributed by atoms with Crippen molar-refractivity contribution < 1.29 is 17.6 Å². The molecule has 31 heavy (non-hydrogen) atoms. The lowest BCUT2D eigenvalue weighted by atomic mass is 10.2. The highest BCUT2D eigenvalue weighted by molar-refractivity contribution is 7.98. The number of amides is 1. The largest absolute Gasteiger partial charge is 0.372 e. The van der Waals surface area contributed by atoms with Crippen LogP contribution in [0.1, 0.15) is 19.8 Å². The van der Waals surface area contributed by atoms with E-state index in [1.54, 1.807) is 0 Å². The third kappa shape index (κ3) is 7.83. The van der Waals surface area contributed by atoms with E-state index in [0.717, 1.165) is 24.8 Å². The second kappa shape index (κ2) is 12.7. The molecule has 0 aliphatic carbocycles. The molecule has 0 aliphatic rings. The zero-order chi connectivity index (χ0) is 22.7. The average Bonchev–Trinajstić information content (AvgIpc) is 2.77. The monoisotopic (exact) mass is 467 g/mol. The molecule has 170 valence electrons. The van der Waals surface area contributed by atoms with Gasteiger partial charge in [-0.15, -0.1) is 0 Å². The van der Waals surface area contributed by atoms with E-state index in [1.807, 2.05) is 36.6 Å². The number of hydrogen-bond acceptors (Lipinski definition) is 5. The quantitative estimate of drug-likeness (QED) is 0.442. The van der Waals surface area contributed by atoms with Crippen molar-refractivity contribution in [3.05, 3.63) is 60.4 Å². The highest BCUT2D eigenvalue weighted by Crippen LogP contribution is 2.15. The molecular formula is C22H30FN3O3S2. The minimum Gasteiger partial charge on any atom is -0.372 e. The summed E-state index contributed by atoms with van der Waals surface area (Å²) in [6.07, 6.45) is 2.90. The minimum absolute atomic E-state index is 0.311. The number of nitrogens with zero attached hydrogens (tertiary/aromatic N) is 1. The van der Waals surface area contributed by atoms with E-state index in [4.69, 9.17) is 0 Å². The van der Waals surface area contributed by atoms with Gasteiger partial charge in [-0.25, -0.2) is 12.8 Å². The lowest BCUT2D eigenvalue weighted by Gasteiger charge is -2.23. The average molecular weight is 468 g/mol. The molecule has 2 aromatic rings. The minimum atomic E-state index is -4.15. The molecule has 1 amide bonds. The molecule has 0 radical (unpaired) electrons. The summed E-state index contributed by atoms with van der Waals surface area (Å²) in [6.45, 7) is 4.09. The van der Waals surface area contributed by atoms with E-state index >= 15 is 0 Å². The Bertz CT molecular complexity index is 927. The first-order valence-electron chi connectivity index (χ1n) is 10.2. The first-order chi connectivity index (χ1) is 14.9. The molecule has 0 aliphatic heterocycles. The summed E-state index contributed by atoms with van der Waals surface area (Å²) < 4.78 is 41.5. The van der Waals surface area contributed by atoms with Gasteiger partial charge < -0.3 is 10.2 Å². The molecule has 6 nitrogen and oxygen atoms in total. The fraction of sp³-hybridized carbons (Fsp3) is 0.409. The van der Waals surface area contributed by atoms with Crippen molar-refractivity contribution in [3.63, 3.8) is 0 Å². The Kier molecular flexibility index (Phi) is 10.3. The van der Waals surface area contributed by atoms with E-state index in [-0.39, 0.29) is 0 Å². The number of rotatable bonds is 13. The molecule has 1 atom stereocenters. The number of halogens is 1. The fourth-order valence-corrected chi connectivity index (χ4v) is 4.89. The van der Waals surface area contributed by atoms with Crippen molar-refractivity contribution in [3.8, 4) is 0 Å². The third-order valence-electron chi connectivity index (χ3n) is 4.76. The van der Waals surface area contributed by atoms with Gasteiger partial charge in [0.2, 0.25) is 15.9 Å². The zero-order valence-corrected chi connectivity index (χ0v) is 19.5. The number of benzene rings is 2. The third-order valence-corrected chi connectivity index (χ3v) is 6.91. The maximum absolute atomic E-state index is 14.0. The highest BCUT2D eigenvalue weighted by atomic mass is 32.2. The van der Waals surface area contributed by atoms with Gasteiger partial charge in [0.15, 0.2) is 0 Å². The molecule has 0 saturated carbocycles. The summed E-state index contributed by atoms with van der Waals surface area (Å²) >= 11 is 1.51. The number of thioether (sulfide) groups is 1. The molecule has 0 spiro atoms. The molecule has 0 saturated heterocycles. The fourth-order valence-electron chi connectivity index (χ4n) is 3.11. The summed E-state index contributed by atoms with van der Waals surface area (Å²) in [6, 6.07) is 14.2. The van der Waals surface area contributed by atoms with Crippen LogP contribution in [0.5, 0.6) is 0 Å². The maximum atomic E-state index is 14.0. The van der Waals surface area contributed by atoms with Crippen LogP contribution in [0.2, 0.25) is 0 Å². The molecule has 0 heterocycles. The van der Waals surface area contributed by atoms with Gasteiger partial charge in [-0.05, 0) is 56.0 Å². The Morgan fingerprint density at radius 2 is 1.81 bits per heavy atom. The molecule has 1 unspecified atom stereocenters.